The summed E-state index contributed by atoms with van der Waals surface area (Å²) in [5.41, 5.74) is 0.491. The van der Waals surface area contributed by atoms with Crippen molar-refractivity contribution < 1.29 is 23.0 Å². The Morgan fingerprint density at radius 1 is 1.10 bits per heavy atom. The van der Waals surface area contributed by atoms with Gasteiger partial charge < -0.3 is 9.84 Å². The molecule has 2 aromatic rings. The van der Waals surface area contributed by atoms with Crippen molar-refractivity contribution in [3.63, 3.8) is 0 Å². The lowest BCUT2D eigenvalue weighted by Gasteiger charge is -2.16. The van der Waals surface area contributed by atoms with Crippen LogP contribution in [-0.2, 0) is 0 Å². The molecule has 0 saturated carbocycles. The van der Waals surface area contributed by atoms with Gasteiger partial charge in [-0.25, -0.2) is 0 Å². The molecule has 0 radical (unpaired) electrons. The molecule has 0 amide bonds. The Bertz CT molecular complexity index is 593. The SMILES string of the molecule is COc1ccc(C(O)CCC(F)(F)F)c2ccccc12. The first-order valence-corrected chi connectivity index (χ1v) is 6.23. The van der Waals surface area contributed by atoms with E-state index in [9.17, 15) is 18.3 Å². The van der Waals surface area contributed by atoms with Gasteiger partial charge in [-0.1, -0.05) is 30.3 Å². The highest BCUT2D eigenvalue weighted by molar-refractivity contribution is 5.91. The summed E-state index contributed by atoms with van der Waals surface area (Å²) >= 11 is 0. The lowest BCUT2D eigenvalue weighted by molar-refractivity contribution is -0.140. The second-order valence-electron chi connectivity index (χ2n) is 4.57. The number of hydrogen-bond donors (Lipinski definition) is 1. The topological polar surface area (TPSA) is 29.5 Å². The van der Waals surface area contributed by atoms with E-state index in [-0.39, 0.29) is 6.42 Å². The molecule has 0 saturated heterocycles. The number of fused-ring (bicyclic) bond motifs is 1. The number of alkyl halides is 3. The number of hydrogen-bond acceptors (Lipinski definition) is 2. The van der Waals surface area contributed by atoms with Crippen LogP contribution in [0.3, 0.4) is 0 Å². The summed E-state index contributed by atoms with van der Waals surface area (Å²) in [4.78, 5) is 0. The predicted molar refractivity (Wildman–Crippen MR) is 70.7 cm³/mol. The summed E-state index contributed by atoms with van der Waals surface area (Å²) < 4.78 is 41.9. The molecule has 108 valence electrons. The molecule has 0 heterocycles. The zero-order valence-corrected chi connectivity index (χ0v) is 10.9. The highest BCUT2D eigenvalue weighted by Gasteiger charge is 2.28. The average Bonchev–Trinajstić information content (AvgIpc) is 2.42. The van der Waals surface area contributed by atoms with Crippen molar-refractivity contribution in [3.05, 3.63) is 42.0 Å². The van der Waals surface area contributed by atoms with Gasteiger partial charge in [-0.2, -0.15) is 13.2 Å². The van der Waals surface area contributed by atoms with E-state index in [1.807, 2.05) is 12.1 Å². The smallest absolute Gasteiger partial charge is 0.389 e. The fourth-order valence-electron chi connectivity index (χ4n) is 2.22. The minimum absolute atomic E-state index is 0.347. The summed E-state index contributed by atoms with van der Waals surface area (Å²) in [7, 11) is 1.53. The van der Waals surface area contributed by atoms with Gasteiger partial charge in [-0.15, -0.1) is 0 Å². The van der Waals surface area contributed by atoms with Crippen molar-refractivity contribution in [1.29, 1.82) is 0 Å². The number of benzene rings is 2. The maximum Gasteiger partial charge on any atom is 0.389 e. The molecule has 20 heavy (non-hydrogen) atoms. The van der Waals surface area contributed by atoms with Crippen LogP contribution in [0.5, 0.6) is 5.75 Å². The summed E-state index contributed by atoms with van der Waals surface area (Å²) in [5, 5.41) is 11.5. The number of aliphatic hydroxyl groups excluding tert-OH is 1. The molecule has 2 nitrogen and oxygen atoms in total. The third-order valence-electron chi connectivity index (χ3n) is 3.20. The van der Waals surface area contributed by atoms with E-state index in [0.717, 1.165) is 5.39 Å². The Kier molecular flexibility index (Phi) is 4.18. The summed E-state index contributed by atoms with van der Waals surface area (Å²) in [6.07, 6.45) is -6.76. The predicted octanol–water partition coefficient (Wildman–Crippen LogP) is 4.22. The maximum absolute atomic E-state index is 12.2. The fraction of sp³-hybridized carbons (Fsp3) is 0.333. The van der Waals surface area contributed by atoms with E-state index in [1.54, 1.807) is 24.3 Å². The van der Waals surface area contributed by atoms with Gasteiger partial charge in [-0.3, -0.25) is 0 Å². The molecule has 0 spiro atoms. The molecule has 2 aromatic carbocycles. The van der Waals surface area contributed by atoms with Crippen LogP contribution in [-0.4, -0.2) is 18.4 Å². The van der Waals surface area contributed by atoms with Crippen LogP contribution >= 0.6 is 0 Å². The molecule has 1 N–H and O–H groups in total. The van der Waals surface area contributed by atoms with Crippen LogP contribution in [0.25, 0.3) is 10.8 Å². The van der Waals surface area contributed by atoms with E-state index >= 15 is 0 Å². The first kappa shape index (κ1) is 14.7. The van der Waals surface area contributed by atoms with Gasteiger partial charge in [0.1, 0.15) is 5.75 Å². The summed E-state index contributed by atoms with van der Waals surface area (Å²) in [6.45, 7) is 0. The normalized spacial score (nSPS) is 13.4. The van der Waals surface area contributed by atoms with E-state index in [0.29, 0.717) is 16.7 Å². The highest BCUT2D eigenvalue weighted by atomic mass is 19.4. The van der Waals surface area contributed by atoms with E-state index < -0.39 is 18.7 Å². The number of rotatable bonds is 4. The van der Waals surface area contributed by atoms with Crippen LogP contribution in [0.1, 0.15) is 24.5 Å². The Balaban J connectivity index is 2.35. The largest absolute Gasteiger partial charge is 0.496 e. The molecule has 0 aliphatic heterocycles. The molecule has 0 fully saturated rings. The molecule has 0 aliphatic rings. The Hall–Kier alpha value is -1.75. The van der Waals surface area contributed by atoms with Crippen molar-refractivity contribution in [2.45, 2.75) is 25.1 Å². The number of halogens is 3. The fourth-order valence-corrected chi connectivity index (χ4v) is 2.22. The van der Waals surface area contributed by atoms with Crippen LogP contribution in [0.2, 0.25) is 0 Å². The number of methoxy groups -OCH3 is 1. The second-order valence-corrected chi connectivity index (χ2v) is 4.57. The van der Waals surface area contributed by atoms with E-state index in [2.05, 4.69) is 0 Å². The molecule has 0 bridgehead atoms. The minimum Gasteiger partial charge on any atom is -0.496 e. The maximum atomic E-state index is 12.2. The third kappa shape index (κ3) is 3.22. The minimum atomic E-state index is -4.26. The summed E-state index contributed by atoms with van der Waals surface area (Å²) in [6, 6.07) is 10.5. The quantitative estimate of drug-likeness (QED) is 0.910. The molecule has 2 rings (SSSR count). The first-order chi connectivity index (χ1) is 9.42. The molecule has 1 unspecified atom stereocenters. The summed E-state index contributed by atoms with van der Waals surface area (Å²) in [5.74, 6) is 0.632. The van der Waals surface area contributed by atoms with Crippen molar-refractivity contribution >= 4 is 10.8 Å². The van der Waals surface area contributed by atoms with Gasteiger partial charge in [-0.05, 0) is 23.4 Å². The van der Waals surface area contributed by atoms with Gasteiger partial charge in [0.2, 0.25) is 0 Å². The second kappa shape index (κ2) is 5.71. The molecular weight excluding hydrogens is 269 g/mol. The lowest BCUT2D eigenvalue weighted by atomic mass is 9.97. The van der Waals surface area contributed by atoms with E-state index in [4.69, 9.17) is 4.74 Å². The van der Waals surface area contributed by atoms with Crippen LogP contribution in [0, 0.1) is 0 Å². The van der Waals surface area contributed by atoms with Gasteiger partial charge in [0.05, 0.1) is 13.2 Å². The highest BCUT2D eigenvalue weighted by Crippen LogP contribution is 2.34. The van der Waals surface area contributed by atoms with Gasteiger partial charge >= 0.3 is 6.18 Å². The number of ether oxygens (including phenoxy) is 1. The van der Waals surface area contributed by atoms with Gasteiger partial charge in [0.25, 0.3) is 0 Å². The first-order valence-electron chi connectivity index (χ1n) is 6.23. The van der Waals surface area contributed by atoms with Crippen molar-refractivity contribution in [1.82, 2.24) is 0 Å². The Labute approximate surface area is 114 Å². The number of aliphatic hydroxyl groups is 1. The molecule has 1 atom stereocenters. The van der Waals surface area contributed by atoms with Gasteiger partial charge in [0.15, 0.2) is 0 Å². The van der Waals surface area contributed by atoms with E-state index in [1.165, 1.54) is 7.11 Å². The Morgan fingerprint density at radius 3 is 2.35 bits per heavy atom. The average molecular weight is 284 g/mol. The van der Waals surface area contributed by atoms with Crippen molar-refractivity contribution in [2.24, 2.45) is 0 Å². The van der Waals surface area contributed by atoms with Crippen LogP contribution in [0.15, 0.2) is 36.4 Å². The van der Waals surface area contributed by atoms with Crippen LogP contribution in [0.4, 0.5) is 13.2 Å². The molecule has 5 heteroatoms. The monoisotopic (exact) mass is 284 g/mol. The van der Waals surface area contributed by atoms with Crippen molar-refractivity contribution in [3.8, 4) is 5.75 Å². The van der Waals surface area contributed by atoms with Crippen molar-refractivity contribution in [2.75, 3.05) is 7.11 Å². The Morgan fingerprint density at radius 2 is 1.75 bits per heavy atom. The molecule has 0 aromatic heterocycles. The van der Waals surface area contributed by atoms with Crippen LogP contribution < -0.4 is 4.74 Å². The van der Waals surface area contributed by atoms with Gasteiger partial charge in [0, 0.05) is 11.8 Å². The standard InChI is InChI=1S/C15H15F3O2/c1-20-14-7-6-11(10-4-2-3-5-12(10)14)13(19)8-9-15(16,17)18/h2-7,13,19H,8-9H2,1H3. The third-order valence-corrected chi connectivity index (χ3v) is 3.20. The molecular formula is C15H15F3O2. The zero-order chi connectivity index (χ0) is 14.8. The lowest BCUT2D eigenvalue weighted by Crippen LogP contribution is -2.10. The molecule has 0 aliphatic carbocycles. The zero-order valence-electron chi connectivity index (χ0n) is 10.9.